The zero-order valence-electron chi connectivity index (χ0n) is 18.0. The van der Waals surface area contributed by atoms with Gasteiger partial charge in [0.2, 0.25) is 0 Å². The molecule has 3 heterocycles. The summed E-state index contributed by atoms with van der Waals surface area (Å²) in [6.07, 6.45) is 6.84. The molecular weight excluding hydrogens is 434 g/mol. The van der Waals surface area contributed by atoms with E-state index in [0.29, 0.717) is 22.2 Å². The third-order valence-electron chi connectivity index (χ3n) is 5.53. The van der Waals surface area contributed by atoms with Crippen LogP contribution in [0.1, 0.15) is 11.1 Å². The van der Waals surface area contributed by atoms with E-state index in [1.807, 2.05) is 32.3 Å². The summed E-state index contributed by atoms with van der Waals surface area (Å²) in [6, 6.07) is 17.9. The molecule has 0 atom stereocenters. The Labute approximate surface area is 191 Å². The second-order valence-corrected chi connectivity index (χ2v) is 9.66. The monoisotopic (exact) mass is 453 g/mol. The molecule has 0 aliphatic carbocycles. The number of aromatic nitrogens is 4. The minimum Gasteiger partial charge on any atom is -0.275 e. The Morgan fingerprint density at radius 3 is 2.42 bits per heavy atom. The fourth-order valence-corrected chi connectivity index (χ4v) is 5.13. The molecule has 0 amide bonds. The average molecular weight is 454 g/mol. The normalized spacial score (nSPS) is 11.5. The summed E-state index contributed by atoms with van der Waals surface area (Å²) >= 11 is 0. The van der Waals surface area contributed by atoms with Crippen molar-refractivity contribution in [3.05, 3.63) is 90.5 Å². The lowest BCUT2D eigenvalue weighted by molar-refractivity contribution is 0.589. The fourth-order valence-electron chi connectivity index (χ4n) is 3.80. The summed E-state index contributed by atoms with van der Waals surface area (Å²) < 4.78 is 30.0. The lowest BCUT2D eigenvalue weighted by atomic mass is 10.0. The highest BCUT2D eigenvalue weighted by Gasteiger charge is 2.23. The van der Waals surface area contributed by atoms with E-state index in [4.69, 9.17) is 0 Å². The number of nitrogens with zero attached hydrogens (tertiary/aromatic N) is 5. The molecule has 0 N–H and O–H groups in total. The third kappa shape index (κ3) is 3.58. The second-order valence-electron chi connectivity index (χ2n) is 7.85. The van der Waals surface area contributed by atoms with Gasteiger partial charge in [-0.1, -0.05) is 29.8 Å². The summed E-state index contributed by atoms with van der Waals surface area (Å²) in [5, 5.41) is 14.2. The van der Waals surface area contributed by atoms with Crippen LogP contribution in [0.25, 0.3) is 33.3 Å². The van der Waals surface area contributed by atoms with Gasteiger partial charge in [0.05, 0.1) is 22.7 Å². The zero-order chi connectivity index (χ0) is 23.2. The molecule has 0 saturated carbocycles. The standard InChI is InChI=1S/C25H19N5O2S/c1-17-6-8-22(9-7-17)33(31,32)30-16-24(19-5-3-4-18(10-19)12-26)23-11-20(13-27-25(23)30)21-14-28-29(2)15-21/h3-11,13-16H,1-2H3. The van der Waals surface area contributed by atoms with Gasteiger partial charge in [0.25, 0.3) is 10.0 Å². The summed E-state index contributed by atoms with van der Waals surface area (Å²) in [4.78, 5) is 4.73. The average Bonchev–Trinajstić information content (AvgIpc) is 3.43. The molecule has 0 saturated heterocycles. The maximum Gasteiger partial charge on any atom is 0.269 e. The molecule has 0 radical (unpaired) electrons. The van der Waals surface area contributed by atoms with Crippen LogP contribution in [0, 0.1) is 18.3 Å². The molecule has 0 unspecified atom stereocenters. The minimum absolute atomic E-state index is 0.181. The summed E-state index contributed by atoms with van der Waals surface area (Å²) in [5.74, 6) is 0. The van der Waals surface area contributed by atoms with Gasteiger partial charge in [-0.15, -0.1) is 0 Å². The topological polar surface area (TPSA) is 93.6 Å². The number of nitriles is 1. The molecular formula is C25H19N5O2S. The minimum atomic E-state index is -3.89. The number of pyridine rings is 1. The van der Waals surface area contributed by atoms with Crippen molar-refractivity contribution in [3.8, 4) is 28.3 Å². The van der Waals surface area contributed by atoms with Crippen LogP contribution in [0.15, 0.2) is 84.3 Å². The van der Waals surface area contributed by atoms with Crippen LogP contribution in [0.3, 0.4) is 0 Å². The van der Waals surface area contributed by atoms with Crippen LogP contribution in [0.2, 0.25) is 0 Å². The van der Waals surface area contributed by atoms with E-state index in [-0.39, 0.29) is 4.90 Å². The SMILES string of the molecule is Cc1ccc(S(=O)(=O)n2cc(-c3cccc(C#N)c3)c3cc(-c4cnn(C)c4)cnc32)cc1. The molecule has 0 bridgehead atoms. The maximum absolute atomic E-state index is 13.5. The van der Waals surface area contributed by atoms with Gasteiger partial charge in [0.1, 0.15) is 0 Å². The van der Waals surface area contributed by atoms with Crippen LogP contribution >= 0.6 is 0 Å². The van der Waals surface area contributed by atoms with Crippen molar-refractivity contribution in [3.63, 3.8) is 0 Å². The van der Waals surface area contributed by atoms with Crippen molar-refractivity contribution >= 4 is 21.1 Å². The predicted molar refractivity (Wildman–Crippen MR) is 126 cm³/mol. The molecule has 33 heavy (non-hydrogen) atoms. The lowest BCUT2D eigenvalue weighted by Gasteiger charge is -2.07. The molecule has 0 aliphatic rings. The molecule has 8 heteroatoms. The van der Waals surface area contributed by atoms with E-state index in [2.05, 4.69) is 16.2 Å². The molecule has 2 aromatic carbocycles. The Balaban J connectivity index is 1.78. The zero-order valence-corrected chi connectivity index (χ0v) is 18.8. The van der Waals surface area contributed by atoms with Gasteiger partial charge in [-0.2, -0.15) is 10.4 Å². The Bertz CT molecular complexity index is 1660. The van der Waals surface area contributed by atoms with E-state index in [1.165, 1.54) is 3.97 Å². The molecule has 0 fully saturated rings. The third-order valence-corrected chi connectivity index (χ3v) is 7.19. The summed E-state index contributed by atoms with van der Waals surface area (Å²) in [6.45, 7) is 1.91. The van der Waals surface area contributed by atoms with Crippen LogP contribution in [0.5, 0.6) is 0 Å². The summed E-state index contributed by atoms with van der Waals surface area (Å²) in [5.41, 5.74) is 4.89. The number of aryl methyl sites for hydroxylation is 2. The molecule has 0 aliphatic heterocycles. The van der Waals surface area contributed by atoms with Gasteiger partial charge in [-0.05, 0) is 42.8 Å². The maximum atomic E-state index is 13.5. The van der Waals surface area contributed by atoms with E-state index >= 15 is 0 Å². The number of hydrogen-bond donors (Lipinski definition) is 0. The van der Waals surface area contributed by atoms with Gasteiger partial charge in [0.15, 0.2) is 5.65 Å². The van der Waals surface area contributed by atoms with Gasteiger partial charge in [0, 0.05) is 47.7 Å². The Morgan fingerprint density at radius 1 is 0.939 bits per heavy atom. The van der Waals surface area contributed by atoms with Crippen LogP contribution in [-0.2, 0) is 17.1 Å². The van der Waals surface area contributed by atoms with Crippen LogP contribution in [0.4, 0.5) is 0 Å². The molecule has 5 aromatic rings. The van der Waals surface area contributed by atoms with E-state index in [1.54, 1.807) is 65.7 Å². The molecule has 3 aromatic heterocycles. The van der Waals surface area contributed by atoms with Crippen LogP contribution < -0.4 is 0 Å². The van der Waals surface area contributed by atoms with E-state index < -0.39 is 10.0 Å². The summed E-state index contributed by atoms with van der Waals surface area (Å²) in [7, 11) is -2.05. The largest absolute Gasteiger partial charge is 0.275 e. The number of fused-ring (bicyclic) bond motifs is 1. The van der Waals surface area contributed by atoms with Gasteiger partial charge in [-0.3, -0.25) is 4.68 Å². The predicted octanol–water partition coefficient (Wildman–Crippen LogP) is 4.52. The Kier molecular flexibility index (Phi) is 4.84. The molecule has 0 spiro atoms. The number of hydrogen-bond acceptors (Lipinski definition) is 5. The smallest absolute Gasteiger partial charge is 0.269 e. The quantitative estimate of drug-likeness (QED) is 0.399. The second kappa shape index (κ2) is 7.73. The number of benzene rings is 2. The van der Waals surface area contributed by atoms with Crippen molar-refractivity contribution in [1.29, 1.82) is 5.26 Å². The van der Waals surface area contributed by atoms with Crippen molar-refractivity contribution in [2.24, 2.45) is 7.05 Å². The lowest BCUT2D eigenvalue weighted by Crippen LogP contribution is -2.12. The first-order valence-corrected chi connectivity index (χ1v) is 11.6. The molecule has 162 valence electrons. The fraction of sp³-hybridized carbons (Fsp3) is 0.0800. The van der Waals surface area contributed by atoms with Gasteiger partial charge in [-0.25, -0.2) is 17.4 Å². The first kappa shape index (κ1) is 20.7. The Hall–Kier alpha value is -4.22. The van der Waals surface area contributed by atoms with Crippen molar-refractivity contribution in [1.82, 2.24) is 18.7 Å². The first-order chi connectivity index (χ1) is 15.9. The van der Waals surface area contributed by atoms with Gasteiger partial charge < -0.3 is 0 Å². The van der Waals surface area contributed by atoms with E-state index in [9.17, 15) is 13.7 Å². The highest BCUT2D eigenvalue weighted by Crippen LogP contribution is 2.35. The van der Waals surface area contributed by atoms with Crippen molar-refractivity contribution in [2.45, 2.75) is 11.8 Å². The van der Waals surface area contributed by atoms with Gasteiger partial charge >= 0.3 is 0 Å². The number of rotatable bonds is 4. The first-order valence-electron chi connectivity index (χ1n) is 10.2. The van der Waals surface area contributed by atoms with E-state index in [0.717, 1.165) is 22.3 Å². The highest BCUT2D eigenvalue weighted by molar-refractivity contribution is 7.90. The molecule has 7 nitrogen and oxygen atoms in total. The van der Waals surface area contributed by atoms with Crippen LogP contribution in [-0.4, -0.2) is 27.2 Å². The highest BCUT2D eigenvalue weighted by atomic mass is 32.2. The Morgan fingerprint density at radius 2 is 1.73 bits per heavy atom. The molecule has 5 rings (SSSR count). The van der Waals surface area contributed by atoms with Crippen molar-refractivity contribution < 1.29 is 8.42 Å². The van der Waals surface area contributed by atoms with Crippen molar-refractivity contribution in [2.75, 3.05) is 0 Å².